The van der Waals surface area contributed by atoms with E-state index in [9.17, 15) is 5.11 Å². The Hall–Kier alpha value is -4.21. The van der Waals surface area contributed by atoms with E-state index in [1.807, 2.05) is 36.4 Å². The summed E-state index contributed by atoms with van der Waals surface area (Å²) in [4.78, 5) is 0. The fraction of sp³-hybridized carbons (Fsp3) is 0.179. The molecule has 3 N–H and O–H groups in total. The van der Waals surface area contributed by atoms with Crippen molar-refractivity contribution in [2.75, 3.05) is 12.0 Å². The van der Waals surface area contributed by atoms with Crippen LogP contribution < -0.4 is 5.32 Å². The molecule has 0 saturated carbocycles. The number of aryl methyl sites for hydroxylation is 1. The van der Waals surface area contributed by atoms with Crippen molar-refractivity contribution in [1.29, 1.82) is 0 Å². The Labute approximate surface area is 219 Å². The highest BCUT2D eigenvalue weighted by molar-refractivity contribution is 7.71. The minimum atomic E-state index is 0.277. The standard InChI is InChI=1S/C28H28N6O2S/c1-20-25-10-3-5-12-27(25)33(26(20)11-4-2-7-21-13-15-24(35)16-14-21)19-36-18-29-22-8-6-9-23(17-22)34-28(37)30-31-32-34/h2-3,5-10,12-17,29,35H,4,11,18-19H2,1H3,(H,30,32,37). The van der Waals surface area contributed by atoms with Gasteiger partial charge in [0.1, 0.15) is 19.2 Å². The number of hydrogen-bond donors (Lipinski definition) is 3. The van der Waals surface area contributed by atoms with E-state index in [-0.39, 0.29) is 5.75 Å². The van der Waals surface area contributed by atoms with E-state index < -0.39 is 0 Å². The van der Waals surface area contributed by atoms with Crippen molar-refractivity contribution in [2.24, 2.45) is 0 Å². The minimum absolute atomic E-state index is 0.277. The fourth-order valence-electron chi connectivity index (χ4n) is 4.42. The normalized spacial score (nSPS) is 11.5. The van der Waals surface area contributed by atoms with Gasteiger partial charge in [-0.25, -0.2) is 4.68 Å². The Morgan fingerprint density at radius 1 is 1.08 bits per heavy atom. The average Bonchev–Trinajstić information content (AvgIpc) is 3.46. The van der Waals surface area contributed by atoms with Crippen LogP contribution in [0.5, 0.6) is 5.75 Å². The lowest BCUT2D eigenvalue weighted by atomic mass is 10.1. The minimum Gasteiger partial charge on any atom is -0.508 e. The summed E-state index contributed by atoms with van der Waals surface area (Å²) in [5, 5.41) is 24.4. The van der Waals surface area contributed by atoms with Gasteiger partial charge in [0.2, 0.25) is 4.77 Å². The molecule has 37 heavy (non-hydrogen) atoms. The molecule has 0 radical (unpaired) electrons. The van der Waals surface area contributed by atoms with E-state index in [1.54, 1.807) is 16.8 Å². The Balaban J connectivity index is 1.25. The Morgan fingerprint density at radius 2 is 1.92 bits per heavy atom. The molecule has 9 heteroatoms. The van der Waals surface area contributed by atoms with Crippen LogP contribution in [0, 0.1) is 11.7 Å². The summed E-state index contributed by atoms with van der Waals surface area (Å²) in [7, 11) is 0. The maximum atomic E-state index is 9.47. The molecule has 188 valence electrons. The lowest BCUT2D eigenvalue weighted by Crippen LogP contribution is -2.12. The number of phenols is 1. The summed E-state index contributed by atoms with van der Waals surface area (Å²) in [6.07, 6.45) is 6.05. The highest BCUT2D eigenvalue weighted by Gasteiger charge is 2.13. The first kappa shape index (κ1) is 24.5. The summed E-state index contributed by atoms with van der Waals surface area (Å²) >= 11 is 5.19. The number of anilines is 1. The van der Waals surface area contributed by atoms with Gasteiger partial charge in [0.15, 0.2) is 0 Å². The van der Waals surface area contributed by atoms with E-state index in [0.29, 0.717) is 18.2 Å². The Kier molecular flexibility index (Phi) is 7.43. The molecule has 0 bridgehead atoms. The third kappa shape index (κ3) is 5.63. The van der Waals surface area contributed by atoms with Crippen LogP contribution in [-0.2, 0) is 17.9 Å². The number of ether oxygens (including phenoxy) is 1. The molecule has 3 aromatic carbocycles. The molecule has 0 saturated heterocycles. The zero-order valence-corrected chi connectivity index (χ0v) is 21.3. The SMILES string of the molecule is Cc1c(CCC=Cc2ccc(O)cc2)n(COCNc2cccc(-n3[nH]nnc3=S)c2)c2ccccc12. The summed E-state index contributed by atoms with van der Waals surface area (Å²) in [6.45, 7) is 2.96. The van der Waals surface area contributed by atoms with Crippen LogP contribution in [0.1, 0.15) is 23.2 Å². The van der Waals surface area contributed by atoms with Crippen LogP contribution in [0.2, 0.25) is 0 Å². The van der Waals surface area contributed by atoms with Crippen molar-refractivity contribution in [1.82, 2.24) is 24.8 Å². The van der Waals surface area contributed by atoms with Crippen molar-refractivity contribution in [3.8, 4) is 11.4 Å². The molecule has 0 amide bonds. The molecule has 0 unspecified atom stereocenters. The lowest BCUT2D eigenvalue weighted by Gasteiger charge is -2.13. The van der Waals surface area contributed by atoms with Gasteiger partial charge >= 0.3 is 0 Å². The van der Waals surface area contributed by atoms with Crippen LogP contribution in [0.3, 0.4) is 0 Å². The van der Waals surface area contributed by atoms with E-state index in [4.69, 9.17) is 17.0 Å². The first-order chi connectivity index (χ1) is 18.1. The van der Waals surface area contributed by atoms with Crippen LogP contribution in [0.4, 0.5) is 5.69 Å². The Bertz CT molecular complexity index is 1580. The average molecular weight is 513 g/mol. The van der Waals surface area contributed by atoms with Gasteiger partial charge in [-0.3, -0.25) is 0 Å². The zero-order chi connectivity index (χ0) is 25.6. The van der Waals surface area contributed by atoms with Crippen LogP contribution in [0.25, 0.3) is 22.7 Å². The predicted molar refractivity (Wildman–Crippen MR) is 148 cm³/mol. The van der Waals surface area contributed by atoms with Gasteiger partial charge in [0.05, 0.1) is 11.2 Å². The molecule has 0 atom stereocenters. The van der Waals surface area contributed by atoms with E-state index >= 15 is 0 Å². The van der Waals surface area contributed by atoms with E-state index in [1.165, 1.54) is 22.2 Å². The number of benzene rings is 3. The van der Waals surface area contributed by atoms with Crippen molar-refractivity contribution in [2.45, 2.75) is 26.5 Å². The zero-order valence-electron chi connectivity index (χ0n) is 20.5. The number of allylic oxidation sites excluding steroid dienone is 1. The molecule has 0 aliphatic carbocycles. The first-order valence-electron chi connectivity index (χ1n) is 12.0. The van der Waals surface area contributed by atoms with Crippen molar-refractivity contribution in [3.63, 3.8) is 0 Å². The number of rotatable bonds is 10. The summed E-state index contributed by atoms with van der Waals surface area (Å²) in [5.74, 6) is 0.277. The third-order valence-corrected chi connectivity index (χ3v) is 6.55. The van der Waals surface area contributed by atoms with Crippen LogP contribution in [-0.4, -0.2) is 36.6 Å². The van der Waals surface area contributed by atoms with Crippen LogP contribution >= 0.6 is 12.2 Å². The number of H-pyrrole nitrogens is 1. The number of para-hydroxylation sites is 1. The fourth-order valence-corrected chi connectivity index (χ4v) is 4.60. The quantitative estimate of drug-likeness (QED) is 0.121. The molecule has 0 aliphatic heterocycles. The van der Waals surface area contributed by atoms with Crippen LogP contribution in [0.15, 0.2) is 78.9 Å². The van der Waals surface area contributed by atoms with Gasteiger partial charge in [-0.15, -0.1) is 0 Å². The number of fused-ring (bicyclic) bond motifs is 1. The van der Waals surface area contributed by atoms with Gasteiger partial charge in [-0.2, -0.15) is 5.21 Å². The number of aromatic nitrogens is 5. The lowest BCUT2D eigenvalue weighted by molar-refractivity contribution is 0.0930. The van der Waals surface area contributed by atoms with E-state index in [2.05, 4.69) is 68.8 Å². The largest absolute Gasteiger partial charge is 0.508 e. The second-order valence-corrected chi connectivity index (χ2v) is 9.04. The highest BCUT2D eigenvalue weighted by Crippen LogP contribution is 2.27. The highest BCUT2D eigenvalue weighted by atomic mass is 32.1. The van der Waals surface area contributed by atoms with Gasteiger partial charge < -0.3 is 19.7 Å². The number of aromatic hydroxyl groups is 1. The second-order valence-electron chi connectivity index (χ2n) is 8.67. The maximum absolute atomic E-state index is 9.47. The third-order valence-electron chi connectivity index (χ3n) is 6.28. The van der Waals surface area contributed by atoms with Gasteiger partial charge in [0.25, 0.3) is 0 Å². The van der Waals surface area contributed by atoms with Gasteiger partial charge in [0, 0.05) is 16.8 Å². The number of hydrogen-bond acceptors (Lipinski definition) is 6. The molecule has 0 spiro atoms. The Morgan fingerprint density at radius 3 is 2.73 bits per heavy atom. The van der Waals surface area contributed by atoms with E-state index in [0.717, 1.165) is 29.8 Å². The monoisotopic (exact) mass is 512 g/mol. The molecule has 5 rings (SSSR count). The molecule has 8 nitrogen and oxygen atoms in total. The summed E-state index contributed by atoms with van der Waals surface area (Å²) in [6, 6.07) is 23.5. The first-order valence-corrected chi connectivity index (χ1v) is 12.5. The topological polar surface area (TPSA) is 92.9 Å². The van der Waals surface area contributed by atoms with Crippen molar-refractivity contribution in [3.05, 3.63) is 100 Å². The molecule has 5 aromatic rings. The maximum Gasteiger partial charge on any atom is 0.242 e. The molecule has 0 aliphatic rings. The number of phenolic OH excluding ortho intramolecular Hbond substituents is 1. The smallest absolute Gasteiger partial charge is 0.242 e. The molecular weight excluding hydrogens is 484 g/mol. The summed E-state index contributed by atoms with van der Waals surface area (Å²) in [5.41, 5.74) is 6.53. The van der Waals surface area contributed by atoms with Gasteiger partial charge in [-0.1, -0.05) is 58.9 Å². The number of nitrogens with one attached hydrogen (secondary N) is 2. The van der Waals surface area contributed by atoms with Gasteiger partial charge in [-0.05, 0) is 79.5 Å². The second kappa shape index (κ2) is 11.2. The number of tetrazole rings is 1. The predicted octanol–water partition coefficient (Wildman–Crippen LogP) is 5.98. The molecule has 0 fully saturated rings. The molecule has 2 aromatic heterocycles. The molecule has 2 heterocycles. The van der Waals surface area contributed by atoms with Crippen molar-refractivity contribution >= 4 is 34.9 Å². The number of aromatic amines is 1. The number of nitrogens with zero attached hydrogens (tertiary/aromatic N) is 4. The van der Waals surface area contributed by atoms with Crippen molar-refractivity contribution < 1.29 is 9.84 Å². The molecular formula is C28H28N6O2S. The summed E-state index contributed by atoms with van der Waals surface area (Å²) < 4.78 is 10.3.